The predicted octanol–water partition coefficient (Wildman–Crippen LogP) is 2.48. The average Bonchev–Trinajstić information content (AvgIpc) is 2.24. The molecule has 0 amide bonds. The van der Waals surface area contributed by atoms with E-state index in [0.717, 1.165) is 6.07 Å². The summed E-state index contributed by atoms with van der Waals surface area (Å²) < 4.78 is 33.4. The summed E-state index contributed by atoms with van der Waals surface area (Å²) in [4.78, 5) is 0. The number of halogens is 3. The minimum Gasteiger partial charge on any atom is -0.507 e. The van der Waals surface area contributed by atoms with Crippen LogP contribution < -0.4 is 9.47 Å². The van der Waals surface area contributed by atoms with Crippen molar-refractivity contribution >= 4 is 15.9 Å². The summed E-state index contributed by atoms with van der Waals surface area (Å²) in [6.45, 7) is 0. The SMILES string of the molecule is Oc1cc2c(cc1Br)OC(F)(F)O2. The molecule has 1 aliphatic heterocycles. The Morgan fingerprint density at radius 3 is 2.38 bits per heavy atom. The van der Waals surface area contributed by atoms with E-state index in [-0.39, 0.29) is 21.7 Å². The van der Waals surface area contributed by atoms with Crippen LogP contribution in [0, 0.1) is 0 Å². The number of fused-ring (bicyclic) bond motifs is 1. The third-order valence-electron chi connectivity index (χ3n) is 1.47. The highest BCUT2D eigenvalue weighted by Gasteiger charge is 2.43. The molecule has 1 N–H and O–H groups in total. The van der Waals surface area contributed by atoms with Crippen molar-refractivity contribution in [1.29, 1.82) is 0 Å². The second-order valence-electron chi connectivity index (χ2n) is 2.42. The maximum atomic E-state index is 12.5. The summed E-state index contributed by atoms with van der Waals surface area (Å²) in [6.07, 6.45) is -3.64. The minimum absolute atomic E-state index is 0.102. The van der Waals surface area contributed by atoms with E-state index >= 15 is 0 Å². The first kappa shape index (κ1) is 8.55. The van der Waals surface area contributed by atoms with Crippen LogP contribution in [0.25, 0.3) is 0 Å². The van der Waals surface area contributed by atoms with E-state index < -0.39 is 6.29 Å². The van der Waals surface area contributed by atoms with Crippen LogP contribution in [0.1, 0.15) is 0 Å². The lowest BCUT2D eigenvalue weighted by Crippen LogP contribution is -2.25. The van der Waals surface area contributed by atoms with Gasteiger partial charge in [-0.1, -0.05) is 0 Å². The fraction of sp³-hybridized carbons (Fsp3) is 0.143. The van der Waals surface area contributed by atoms with Crippen LogP contribution in [0.4, 0.5) is 8.78 Å². The third-order valence-corrected chi connectivity index (χ3v) is 2.11. The lowest BCUT2D eigenvalue weighted by Gasteiger charge is -2.04. The Bertz CT molecular complexity index is 334. The van der Waals surface area contributed by atoms with Gasteiger partial charge in [0.15, 0.2) is 11.5 Å². The van der Waals surface area contributed by atoms with Crippen LogP contribution in [-0.2, 0) is 0 Å². The molecule has 0 fully saturated rings. The average molecular weight is 253 g/mol. The topological polar surface area (TPSA) is 38.7 Å². The van der Waals surface area contributed by atoms with Gasteiger partial charge in [-0.2, -0.15) is 0 Å². The lowest BCUT2D eigenvalue weighted by atomic mass is 10.3. The molecule has 0 spiro atoms. The van der Waals surface area contributed by atoms with E-state index in [9.17, 15) is 8.78 Å². The van der Waals surface area contributed by atoms with Gasteiger partial charge < -0.3 is 14.6 Å². The molecule has 1 aromatic carbocycles. The predicted molar refractivity (Wildman–Crippen MR) is 42.0 cm³/mol. The van der Waals surface area contributed by atoms with E-state index in [1.54, 1.807) is 0 Å². The quantitative estimate of drug-likeness (QED) is 0.771. The number of hydrogen-bond donors (Lipinski definition) is 1. The van der Waals surface area contributed by atoms with E-state index in [1.807, 2.05) is 0 Å². The number of phenols is 1. The van der Waals surface area contributed by atoms with Crippen molar-refractivity contribution in [2.24, 2.45) is 0 Å². The first-order valence-electron chi connectivity index (χ1n) is 3.26. The second-order valence-corrected chi connectivity index (χ2v) is 3.27. The molecule has 0 aromatic heterocycles. The van der Waals surface area contributed by atoms with E-state index in [4.69, 9.17) is 5.11 Å². The largest absolute Gasteiger partial charge is 0.586 e. The number of ether oxygens (including phenoxy) is 2. The van der Waals surface area contributed by atoms with Gasteiger partial charge in [0, 0.05) is 12.1 Å². The zero-order valence-electron chi connectivity index (χ0n) is 6.05. The van der Waals surface area contributed by atoms with E-state index in [2.05, 4.69) is 25.4 Å². The van der Waals surface area contributed by atoms with Gasteiger partial charge >= 0.3 is 6.29 Å². The Hall–Kier alpha value is -1.04. The molecule has 6 heteroatoms. The first-order chi connectivity index (χ1) is 5.98. The summed E-state index contributed by atoms with van der Waals surface area (Å²) in [7, 11) is 0. The van der Waals surface area contributed by atoms with Crippen molar-refractivity contribution in [2.45, 2.75) is 6.29 Å². The molecular formula is C7H3BrF2O3. The number of aromatic hydroxyl groups is 1. The Morgan fingerprint density at radius 1 is 1.23 bits per heavy atom. The van der Waals surface area contributed by atoms with Crippen molar-refractivity contribution in [2.75, 3.05) is 0 Å². The maximum absolute atomic E-state index is 12.5. The normalized spacial score (nSPS) is 17.5. The number of rotatable bonds is 0. The van der Waals surface area contributed by atoms with Crippen molar-refractivity contribution in [1.82, 2.24) is 0 Å². The highest BCUT2D eigenvalue weighted by atomic mass is 79.9. The Balaban J connectivity index is 2.48. The molecule has 0 radical (unpaired) electrons. The summed E-state index contributed by atoms with van der Waals surface area (Å²) in [5.41, 5.74) is 0. The summed E-state index contributed by atoms with van der Waals surface area (Å²) in [5.74, 6) is -0.458. The summed E-state index contributed by atoms with van der Waals surface area (Å²) in [5, 5.41) is 9.13. The molecule has 0 unspecified atom stereocenters. The smallest absolute Gasteiger partial charge is 0.507 e. The molecule has 1 heterocycles. The zero-order valence-corrected chi connectivity index (χ0v) is 7.64. The molecule has 0 saturated carbocycles. The molecule has 0 aliphatic carbocycles. The highest BCUT2D eigenvalue weighted by Crippen LogP contribution is 2.45. The molecular weight excluding hydrogens is 250 g/mol. The second kappa shape index (κ2) is 2.47. The van der Waals surface area contributed by atoms with Gasteiger partial charge in [0.25, 0.3) is 0 Å². The van der Waals surface area contributed by atoms with Gasteiger partial charge in [0.05, 0.1) is 4.47 Å². The van der Waals surface area contributed by atoms with Crippen LogP contribution in [0.5, 0.6) is 17.2 Å². The maximum Gasteiger partial charge on any atom is 0.586 e. The molecule has 3 nitrogen and oxygen atoms in total. The molecule has 1 aliphatic rings. The monoisotopic (exact) mass is 252 g/mol. The number of alkyl halides is 2. The Morgan fingerprint density at radius 2 is 1.77 bits per heavy atom. The molecule has 0 bridgehead atoms. The van der Waals surface area contributed by atoms with Gasteiger partial charge in [-0.25, -0.2) is 0 Å². The molecule has 2 rings (SSSR count). The first-order valence-corrected chi connectivity index (χ1v) is 4.05. The van der Waals surface area contributed by atoms with Gasteiger partial charge in [-0.05, 0) is 15.9 Å². The molecule has 0 saturated heterocycles. The summed E-state index contributed by atoms with van der Waals surface area (Å²) in [6, 6.07) is 2.27. The standard InChI is InChI=1S/C7H3BrF2O3/c8-3-1-5-6(2-4(3)11)13-7(9,10)12-5/h1-2,11H. The fourth-order valence-corrected chi connectivity index (χ4v) is 1.28. The van der Waals surface area contributed by atoms with E-state index in [0.29, 0.717) is 0 Å². The van der Waals surface area contributed by atoms with Crippen molar-refractivity contribution in [3.8, 4) is 17.2 Å². The Kier molecular flexibility index (Phi) is 1.63. The molecule has 13 heavy (non-hydrogen) atoms. The van der Waals surface area contributed by atoms with E-state index in [1.165, 1.54) is 6.07 Å². The van der Waals surface area contributed by atoms with Gasteiger partial charge in [-0.15, -0.1) is 8.78 Å². The van der Waals surface area contributed by atoms with Crippen molar-refractivity contribution in [3.63, 3.8) is 0 Å². The summed E-state index contributed by atoms with van der Waals surface area (Å²) >= 11 is 2.96. The van der Waals surface area contributed by atoms with Crippen LogP contribution in [-0.4, -0.2) is 11.4 Å². The molecule has 70 valence electrons. The van der Waals surface area contributed by atoms with Gasteiger partial charge in [-0.3, -0.25) is 0 Å². The minimum atomic E-state index is -3.64. The van der Waals surface area contributed by atoms with Crippen molar-refractivity contribution in [3.05, 3.63) is 16.6 Å². The fourth-order valence-electron chi connectivity index (χ4n) is 0.961. The zero-order chi connectivity index (χ0) is 9.64. The Labute approximate surface area is 80.0 Å². The third kappa shape index (κ3) is 1.41. The molecule has 1 aromatic rings. The number of phenolic OH excluding ortho intramolecular Hbond substituents is 1. The van der Waals surface area contributed by atoms with Crippen LogP contribution in [0.2, 0.25) is 0 Å². The highest BCUT2D eigenvalue weighted by molar-refractivity contribution is 9.10. The number of hydrogen-bond acceptors (Lipinski definition) is 3. The van der Waals surface area contributed by atoms with Crippen LogP contribution in [0.3, 0.4) is 0 Å². The van der Waals surface area contributed by atoms with Gasteiger partial charge in [0.2, 0.25) is 0 Å². The van der Waals surface area contributed by atoms with Crippen molar-refractivity contribution < 1.29 is 23.4 Å². The van der Waals surface area contributed by atoms with Gasteiger partial charge in [0.1, 0.15) is 5.75 Å². The lowest BCUT2D eigenvalue weighted by molar-refractivity contribution is -0.286. The number of benzene rings is 1. The van der Waals surface area contributed by atoms with Crippen LogP contribution >= 0.6 is 15.9 Å². The van der Waals surface area contributed by atoms with Crippen LogP contribution in [0.15, 0.2) is 16.6 Å². The molecule has 0 atom stereocenters.